The summed E-state index contributed by atoms with van der Waals surface area (Å²) in [7, 11) is 0. The number of rotatable bonds is 2. The zero-order chi connectivity index (χ0) is 8.27. The molecule has 0 radical (unpaired) electrons. The number of nitriles is 1. The van der Waals surface area contributed by atoms with E-state index in [1.807, 2.05) is 26.0 Å². The molecular formula is C9H11NO. The van der Waals surface area contributed by atoms with E-state index in [1.54, 1.807) is 6.26 Å². The molecule has 0 aromatic carbocycles. The van der Waals surface area contributed by atoms with Crippen LogP contribution in [0, 0.1) is 17.2 Å². The molecule has 2 heteroatoms. The Balaban J connectivity index is 2.82. The van der Waals surface area contributed by atoms with Crippen LogP contribution in [0.15, 0.2) is 22.8 Å². The van der Waals surface area contributed by atoms with Crippen molar-refractivity contribution in [1.29, 1.82) is 5.26 Å². The van der Waals surface area contributed by atoms with Crippen molar-refractivity contribution in [3.63, 3.8) is 0 Å². The maximum atomic E-state index is 8.76. The van der Waals surface area contributed by atoms with Crippen LogP contribution in [0.4, 0.5) is 0 Å². The molecule has 0 N–H and O–H groups in total. The van der Waals surface area contributed by atoms with Gasteiger partial charge in [-0.05, 0) is 18.1 Å². The minimum atomic E-state index is -0.106. The lowest BCUT2D eigenvalue weighted by Gasteiger charge is -2.08. The predicted octanol–water partition coefficient (Wildman–Crippen LogP) is 2.54. The molecule has 0 aliphatic heterocycles. The highest BCUT2D eigenvalue weighted by Crippen LogP contribution is 2.23. The van der Waals surface area contributed by atoms with Crippen molar-refractivity contribution in [3.05, 3.63) is 24.2 Å². The van der Waals surface area contributed by atoms with E-state index in [4.69, 9.17) is 9.68 Å². The minimum absolute atomic E-state index is 0.106. The summed E-state index contributed by atoms with van der Waals surface area (Å²) >= 11 is 0. The van der Waals surface area contributed by atoms with Gasteiger partial charge in [0.15, 0.2) is 0 Å². The Morgan fingerprint density at radius 1 is 1.55 bits per heavy atom. The Morgan fingerprint density at radius 3 is 2.64 bits per heavy atom. The van der Waals surface area contributed by atoms with Crippen molar-refractivity contribution in [3.8, 4) is 6.07 Å². The van der Waals surface area contributed by atoms with Gasteiger partial charge in [0.1, 0.15) is 11.7 Å². The molecule has 0 saturated carbocycles. The van der Waals surface area contributed by atoms with Crippen LogP contribution in [0.3, 0.4) is 0 Å². The highest BCUT2D eigenvalue weighted by Gasteiger charge is 2.16. The van der Waals surface area contributed by atoms with Gasteiger partial charge in [0.2, 0.25) is 0 Å². The average molecular weight is 149 g/mol. The monoisotopic (exact) mass is 149 g/mol. The van der Waals surface area contributed by atoms with Crippen molar-refractivity contribution in [2.45, 2.75) is 19.8 Å². The number of nitrogens with zero attached hydrogens (tertiary/aromatic N) is 1. The third kappa shape index (κ3) is 1.62. The molecule has 11 heavy (non-hydrogen) atoms. The normalized spacial score (nSPS) is 12.9. The highest BCUT2D eigenvalue weighted by atomic mass is 16.3. The molecule has 1 aromatic rings. The maximum absolute atomic E-state index is 8.76. The van der Waals surface area contributed by atoms with E-state index >= 15 is 0 Å². The molecule has 0 fully saturated rings. The Kier molecular flexibility index (Phi) is 2.32. The van der Waals surface area contributed by atoms with Gasteiger partial charge in [0.05, 0.1) is 12.3 Å². The molecule has 58 valence electrons. The van der Waals surface area contributed by atoms with Gasteiger partial charge in [0, 0.05) is 0 Å². The van der Waals surface area contributed by atoms with Crippen LogP contribution in [0.1, 0.15) is 25.5 Å². The first kappa shape index (κ1) is 7.87. The van der Waals surface area contributed by atoms with E-state index in [-0.39, 0.29) is 5.92 Å². The van der Waals surface area contributed by atoms with E-state index in [2.05, 4.69) is 6.07 Å². The topological polar surface area (TPSA) is 36.9 Å². The Labute approximate surface area is 66.4 Å². The van der Waals surface area contributed by atoms with Crippen LogP contribution in [0.2, 0.25) is 0 Å². The van der Waals surface area contributed by atoms with Gasteiger partial charge in [-0.25, -0.2) is 0 Å². The quantitative estimate of drug-likeness (QED) is 0.647. The summed E-state index contributed by atoms with van der Waals surface area (Å²) in [6, 6.07) is 5.86. The molecule has 1 atom stereocenters. The lowest BCUT2D eigenvalue weighted by molar-refractivity contribution is 0.443. The molecule has 0 saturated heterocycles. The number of hydrogen-bond acceptors (Lipinski definition) is 2. The van der Waals surface area contributed by atoms with Crippen LogP contribution in [-0.4, -0.2) is 0 Å². The first-order valence-corrected chi connectivity index (χ1v) is 3.68. The molecule has 1 rings (SSSR count). The average Bonchev–Trinajstić information content (AvgIpc) is 2.40. The second kappa shape index (κ2) is 3.25. The highest BCUT2D eigenvalue weighted by molar-refractivity contribution is 5.14. The van der Waals surface area contributed by atoms with Gasteiger partial charge in [-0.3, -0.25) is 0 Å². The van der Waals surface area contributed by atoms with E-state index < -0.39 is 0 Å². The van der Waals surface area contributed by atoms with Crippen LogP contribution in [0.25, 0.3) is 0 Å². The third-order valence-corrected chi connectivity index (χ3v) is 1.66. The van der Waals surface area contributed by atoms with Crippen molar-refractivity contribution in [2.24, 2.45) is 5.92 Å². The van der Waals surface area contributed by atoms with Crippen LogP contribution >= 0.6 is 0 Å². The molecule has 0 aliphatic carbocycles. The number of hydrogen-bond donors (Lipinski definition) is 0. The van der Waals surface area contributed by atoms with Crippen molar-refractivity contribution in [2.75, 3.05) is 0 Å². The SMILES string of the molecule is CC(C)C(C#N)c1ccco1. The van der Waals surface area contributed by atoms with Gasteiger partial charge in [0.25, 0.3) is 0 Å². The first-order chi connectivity index (χ1) is 5.25. The molecule has 1 unspecified atom stereocenters. The standard InChI is InChI=1S/C9H11NO/c1-7(2)8(6-10)9-4-3-5-11-9/h3-5,7-8H,1-2H3. The summed E-state index contributed by atoms with van der Waals surface area (Å²) in [6.07, 6.45) is 1.60. The van der Waals surface area contributed by atoms with E-state index in [1.165, 1.54) is 0 Å². The largest absolute Gasteiger partial charge is 0.468 e. The van der Waals surface area contributed by atoms with Crippen LogP contribution in [-0.2, 0) is 0 Å². The lowest BCUT2D eigenvalue weighted by Crippen LogP contribution is -2.02. The van der Waals surface area contributed by atoms with Gasteiger partial charge >= 0.3 is 0 Å². The van der Waals surface area contributed by atoms with Gasteiger partial charge in [-0.2, -0.15) is 5.26 Å². The Hall–Kier alpha value is -1.23. The molecular weight excluding hydrogens is 138 g/mol. The first-order valence-electron chi connectivity index (χ1n) is 3.68. The van der Waals surface area contributed by atoms with Crippen LogP contribution in [0.5, 0.6) is 0 Å². The fourth-order valence-electron chi connectivity index (χ4n) is 1.01. The Bertz CT molecular complexity index is 243. The lowest BCUT2D eigenvalue weighted by atomic mass is 9.95. The second-order valence-electron chi connectivity index (χ2n) is 2.87. The Morgan fingerprint density at radius 2 is 2.27 bits per heavy atom. The molecule has 0 amide bonds. The van der Waals surface area contributed by atoms with Crippen LogP contribution < -0.4 is 0 Å². The summed E-state index contributed by atoms with van der Waals surface area (Å²) in [5.74, 6) is 0.971. The minimum Gasteiger partial charge on any atom is -0.468 e. The van der Waals surface area contributed by atoms with Crippen molar-refractivity contribution in [1.82, 2.24) is 0 Å². The molecule has 2 nitrogen and oxygen atoms in total. The van der Waals surface area contributed by atoms with Crippen molar-refractivity contribution < 1.29 is 4.42 Å². The summed E-state index contributed by atoms with van der Waals surface area (Å²) in [4.78, 5) is 0. The molecule has 0 bridgehead atoms. The van der Waals surface area contributed by atoms with Gasteiger partial charge in [-0.15, -0.1) is 0 Å². The molecule has 0 spiro atoms. The number of furan rings is 1. The summed E-state index contributed by atoms with van der Waals surface area (Å²) in [5.41, 5.74) is 0. The summed E-state index contributed by atoms with van der Waals surface area (Å²) in [6.45, 7) is 4.02. The van der Waals surface area contributed by atoms with Crippen molar-refractivity contribution >= 4 is 0 Å². The van der Waals surface area contributed by atoms with E-state index in [9.17, 15) is 0 Å². The maximum Gasteiger partial charge on any atom is 0.121 e. The smallest absolute Gasteiger partial charge is 0.121 e. The molecule has 1 aromatic heterocycles. The zero-order valence-corrected chi connectivity index (χ0v) is 6.74. The van der Waals surface area contributed by atoms with Gasteiger partial charge in [-0.1, -0.05) is 13.8 Å². The molecule has 1 heterocycles. The fraction of sp³-hybridized carbons (Fsp3) is 0.444. The van der Waals surface area contributed by atoms with E-state index in [0.717, 1.165) is 5.76 Å². The fourth-order valence-corrected chi connectivity index (χ4v) is 1.01. The zero-order valence-electron chi connectivity index (χ0n) is 6.74. The summed E-state index contributed by atoms with van der Waals surface area (Å²) < 4.78 is 5.13. The van der Waals surface area contributed by atoms with E-state index in [0.29, 0.717) is 5.92 Å². The molecule has 0 aliphatic rings. The third-order valence-electron chi connectivity index (χ3n) is 1.66. The van der Waals surface area contributed by atoms with Gasteiger partial charge < -0.3 is 4.42 Å². The second-order valence-corrected chi connectivity index (χ2v) is 2.87. The predicted molar refractivity (Wildman–Crippen MR) is 41.9 cm³/mol. The summed E-state index contributed by atoms with van der Waals surface area (Å²) in [5, 5.41) is 8.76.